The molecule has 0 saturated heterocycles. The molecule has 1 heterocycles. The second-order valence-corrected chi connectivity index (χ2v) is 3.26. The van der Waals surface area contributed by atoms with E-state index in [1.54, 1.807) is 12.3 Å². The number of hydrogen-bond acceptors (Lipinski definition) is 3. The largest absolute Gasteiger partial charge is 0.369 e. The molecule has 0 aliphatic heterocycles. The molecule has 0 aliphatic rings. The first-order chi connectivity index (χ1) is 7.69. The van der Waals surface area contributed by atoms with Crippen LogP contribution in [0.25, 0.3) is 11.0 Å². The lowest BCUT2D eigenvalue weighted by atomic mass is 10.3. The molecular weight excluding hydrogens is 204 g/mol. The molecule has 0 bridgehead atoms. The van der Waals surface area contributed by atoms with Crippen molar-refractivity contribution in [2.24, 2.45) is 10.7 Å². The van der Waals surface area contributed by atoms with Crippen LogP contribution in [0.3, 0.4) is 0 Å². The van der Waals surface area contributed by atoms with Gasteiger partial charge in [0.2, 0.25) is 5.96 Å². The number of aromatic amines is 1. The van der Waals surface area contributed by atoms with E-state index in [2.05, 4.69) is 20.3 Å². The maximum atomic E-state index is 8.35. The van der Waals surface area contributed by atoms with Gasteiger partial charge in [-0.05, 0) is 25.1 Å². The van der Waals surface area contributed by atoms with Crippen LogP contribution in [0.15, 0.2) is 23.2 Å². The van der Waals surface area contributed by atoms with Crippen LogP contribution in [-0.4, -0.2) is 15.9 Å². The van der Waals surface area contributed by atoms with Crippen molar-refractivity contribution >= 4 is 22.7 Å². The second kappa shape index (κ2) is 3.90. The lowest BCUT2D eigenvalue weighted by Crippen LogP contribution is -2.26. The first-order valence-electron chi connectivity index (χ1n) is 4.64. The Labute approximate surface area is 91.8 Å². The van der Waals surface area contributed by atoms with Crippen LogP contribution in [0, 0.1) is 18.4 Å². The molecule has 0 amide bonds. The van der Waals surface area contributed by atoms with Crippen molar-refractivity contribution < 1.29 is 0 Å². The molecule has 1 aromatic carbocycles. The van der Waals surface area contributed by atoms with E-state index in [9.17, 15) is 0 Å². The highest BCUT2D eigenvalue weighted by molar-refractivity contribution is 5.84. The van der Waals surface area contributed by atoms with Crippen molar-refractivity contribution in [3.8, 4) is 6.19 Å². The van der Waals surface area contributed by atoms with Crippen LogP contribution >= 0.6 is 0 Å². The molecule has 6 nitrogen and oxygen atoms in total. The third-order valence-electron chi connectivity index (χ3n) is 2.02. The highest BCUT2D eigenvalue weighted by atomic mass is 15.1. The quantitative estimate of drug-likeness (QED) is 0.284. The van der Waals surface area contributed by atoms with E-state index in [0.717, 1.165) is 16.9 Å². The maximum Gasteiger partial charge on any atom is 0.207 e. The molecule has 16 heavy (non-hydrogen) atoms. The Hall–Kier alpha value is -2.55. The van der Waals surface area contributed by atoms with Gasteiger partial charge in [-0.15, -0.1) is 0 Å². The number of nitrogens with two attached hydrogens (primary N) is 1. The summed E-state index contributed by atoms with van der Waals surface area (Å²) in [6.45, 7) is 1.88. The number of guanidine groups is 1. The first-order valence-corrected chi connectivity index (χ1v) is 4.64. The average Bonchev–Trinajstić information content (AvgIpc) is 2.57. The Morgan fingerprint density at radius 1 is 1.62 bits per heavy atom. The van der Waals surface area contributed by atoms with Crippen LogP contribution in [0.2, 0.25) is 0 Å². The molecule has 1 aromatic heterocycles. The predicted octanol–water partition coefficient (Wildman–Crippen LogP) is 0.888. The van der Waals surface area contributed by atoms with E-state index in [0.29, 0.717) is 5.69 Å². The lowest BCUT2D eigenvalue weighted by Gasteiger charge is -1.96. The topological polar surface area (TPSA) is 103 Å². The maximum absolute atomic E-state index is 8.35. The predicted molar refractivity (Wildman–Crippen MR) is 60.9 cm³/mol. The fourth-order valence-electron chi connectivity index (χ4n) is 1.42. The summed E-state index contributed by atoms with van der Waals surface area (Å²) in [6, 6.07) is 5.45. The molecule has 0 fully saturated rings. The van der Waals surface area contributed by atoms with E-state index < -0.39 is 0 Å². The van der Waals surface area contributed by atoms with Crippen LogP contribution < -0.4 is 11.1 Å². The molecular formula is C10H10N6. The van der Waals surface area contributed by atoms with Gasteiger partial charge in [-0.3, -0.25) is 5.32 Å². The van der Waals surface area contributed by atoms with Gasteiger partial charge in [-0.25, -0.2) is 9.98 Å². The number of hydrogen-bond donors (Lipinski definition) is 3. The van der Waals surface area contributed by atoms with Crippen LogP contribution in [0.4, 0.5) is 5.69 Å². The molecule has 0 spiro atoms. The van der Waals surface area contributed by atoms with Crippen molar-refractivity contribution in [2.45, 2.75) is 6.92 Å². The molecule has 6 heteroatoms. The lowest BCUT2D eigenvalue weighted by molar-refractivity contribution is 1.17. The number of fused-ring (bicyclic) bond motifs is 1. The third-order valence-corrected chi connectivity index (χ3v) is 2.02. The van der Waals surface area contributed by atoms with E-state index in [1.165, 1.54) is 0 Å². The number of imidazole rings is 1. The zero-order valence-corrected chi connectivity index (χ0v) is 8.65. The smallest absolute Gasteiger partial charge is 0.207 e. The normalized spacial score (nSPS) is 11.4. The van der Waals surface area contributed by atoms with Gasteiger partial charge in [0.15, 0.2) is 6.19 Å². The second-order valence-electron chi connectivity index (χ2n) is 3.26. The van der Waals surface area contributed by atoms with Gasteiger partial charge >= 0.3 is 0 Å². The summed E-state index contributed by atoms with van der Waals surface area (Å²) in [5, 5.41) is 10.6. The Balaban J connectivity index is 2.40. The van der Waals surface area contributed by atoms with Crippen molar-refractivity contribution in [1.82, 2.24) is 15.3 Å². The summed E-state index contributed by atoms with van der Waals surface area (Å²) in [5.74, 6) is 0.914. The number of H-pyrrole nitrogens is 1. The fraction of sp³-hybridized carbons (Fsp3) is 0.100. The zero-order chi connectivity index (χ0) is 11.5. The SMILES string of the molecule is Cc1nc2ccc(N=C(N)NC#N)cc2[nH]1. The monoisotopic (exact) mass is 214 g/mol. The van der Waals surface area contributed by atoms with Gasteiger partial charge in [0.05, 0.1) is 16.7 Å². The molecule has 0 radical (unpaired) electrons. The molecule has 0 aliphatic carbocycles. The van der Waals surface area contributed by atoms with E-state index in [1.807, 2.05) is 19.1 Å². The van der Waals surface area contributed by atoms with Crippen LogP contribution in [0.5, 0.6) is 0 Å². The molecule has 0 unspecified atom stereocenters. The number of nitrogens with zero attached hydrogens (tertiary/aromatic N) is 3. The Morgan fingerprint density at radius 2 is 2.44 bits per heavy atom. The minimum absolute atomic E-state index is 0.0677. The van der Waals surface area contributed by atoms with E-state index >= 15 is 0 Å². The number of aryl methyl sites for hydroxylation is 1. The molecule has 2 aromatic rings. The van der Waals surface area contributed by atoms with Gasteiger partial charge < -0.3 is 10.7 Å². The van der Waals surface area contributed by atoms with E-state index in [4.69, 9.17) is 11.0 Å². The number of benzene rings is 1. The molecule has 4 N–H and O–H groups in total. The summed E-state index contributed by atoms with van der Waals surface area (Å²) >= 11 is 0. The van der Waals surface area contributed by atoms with Crippen molar-refractivity contribution in [1.29, 1.82) is 5.26 Å². The summed E-state index contributed by atoms with van der Waals surface area (Å²) < 4.78 is 0. The first kappa shape index (κ1) is 9.98. The van der Waals surface area contributed by atoms with Gasteiger partial charge in [0.1, 0.15) is 5.82 Å². The van der Waals surface area contributed by atoms with Gasteiger partial charge in [-0.2, -0.15) is 5.26 Å². The Kier molecular flexibility index (Phi) is 2.44. The van der Waals surface area contributed by atoms with Crippen LogP contribution in [-0.2, 0) is 0 Å². The molecule has 0 saturated carbocycles. The summed E-state index contributed by atoms with van der Waals surface area (Å²) in [6.07, 6.45) is 1.70. The minimum Gasteiger partial charge on any atom is -0.369 e. The highest BCUT2D eigenvalue weighted by Gasteiger charge is 2.00. The van der Waals surface area contributed by atoms with Gasteiger partial charge in [0.25, 0.3) is 0 Å². The van der Waals surface area contributed by atoms with Gasteiger partial charge in [-0.1, -0.05) is 0 Å². The molecule has 0 atom stereocenters. The molecule has 2 rings (SSSR count). The standard InChI is InChI=1S/C10H10N6/c1-6-14-8-3-2-7(4-9(8)15-6)16-10(12)13-5-11/h2-4H,1H3,(H,14,15)(H3,12,13,16). The van der Waals surface area contributed by atoms with E-state index in [-0.39, 0.29) is 5.96 Å². The Morgan fingerprint density at radius 3 is 3.19 bits per heavy atom. The van der Waals surface area contributed by atoms with Crippen molar-refractivity contribution in [3.05, 3.63) is 24.0 Å². The third kappa shape index (κ3) is 1.93. The van der Waals surface area contributed by atoms with Crippen molar-refractivity contribution in [3.63, 3.8) is 0 Å². The zero-order valence-electron chi connectivity index (χ0n) is 8.65. The number of nitrogens with one attached hydrogen (secondary N) is 2. The van der Waals surface area contributed by atoms with Gasteiger partial charge in [0, 0.05) is 0 Å². The summed E-state index contributed by atoms with van der Waals surface area (Å²) in [7, 11) is 0. The number of nitriles is 1. The molecule has 80 valence electrons. The van der Waals surface area contributed by atoms with Crippen LogP contribution in [0.1, 0.15) is 5.82 Å². The summed E-state index contributed by atoms with van der Waals surface area (Å²) in [4.78, 5) is 11.4. The average molecular weight is 214 g/mol. The Bertz CT molecular complexity index is 589. The summed E-state index contributed by atoms with van der Waals surface area (Å²) in [5.41, 5.74) is 7.89. The number of aliphatic imine (C=N–C) groups is 1. The highest BCUT2D eigenvalue weighted by Crippen LogP contribution is 2.19. The fourth-order valence-corrected chi connectivity index (χ4v) is 1.42. The number of aromatic nitrogens is 2. The minimum atomic E-state index is 0.0677. The number of rotatable bonds is 1. The van der Waals surface area contributed by atoms with Crippen molar-refractivity contribution in [2.75, 3.05) is 0 Å².